The Morgan fingerprint density at radius 1 is 0.935 bits per heavy atom. The summed E-state index contributed by atoms with van der Waals surface area (Å²) < 4.78 is 5.28. The molecule has 2 aliphatic heterocycles. The largest absolute Gasteiger partial charge is 0.497 e. The van der Waals surface area contributed by atoms with E-state index in [1.165, 1.54) is 0 Å². The lowest BCUT2D eigenvalue weighted by molar-refractivity contribution is -0.155. The maximum atomic E-state index is 14.0. The lowest BCUT2D eigenvalue weighted by atomic mass is 9.78. The summed E-state index contributed by atoms with van der Waals surface area (Å²) in [5.74, 6) is -0.209. The summed E-state index contributed by atoms with van der Waals surface area (Å²) in [6.07, 6.45) is 1.08. The van der Waals surface area contributed by atoms with Crippen molar-refractivity contribution in [2.75, 3.05) is 32.2 Å². The molecule has 0 saturated carbocycles. The molecule has 0 N–H and O–H groups in total. The molecule has 6 nitrogen and oxygen atoms in total. The number of Topliss-reactive ketones (excluding diaryl/α,β-unsaturated/α-hetero) is 1. The first kappa shape index (κ1) is 21.5. The normalized spacial score (nSPS) is 21.2. The zero-order valence-electron chi connectivity index (χ0n) is 18.9. The van der Waals surface area contributed by atoms with Gasteiger partial charge in [0.25, 0.3) is 0 Å². The van der Waals surface area contributed by atoms with E-state index in [2.05, 4.69) is 12.1 Å². The number of amides is 1. The number of carbonyl (C=O) groups is 2. The monoisotopic (exact) mass is 422 g/mol. The molecule has 2 aromatic carbocycles. The fourth-order valence-electron chi connectivity index (χ4n) is 5.35. The summed E-state index contributed by atoms with van der Waals surface area (Å²) >= 11 is 0. The lowest BCUT2D eigenvalue weighted by Gasteiger charge is -2.42. The van der Waals surface area contributed by atoms with E-state index in [9.17, 15) is 9.59 Å². The first-order valence-electron chi connectivity index (χ1n) is 10.7. The molecule has 1 unspecified atom stereocenters. The maximum absolute atomic E-state index is 14.0. The molecular formula is C25H30N2O4. The highest BCUT2D eigenvalue weighted by molar-refractivity contribution is 6.25. The Hall–Kier alpha value is -2.70. The van der Waals surface area contributed by atoms with Crippen LogP contribution in [-0.4, -0.2) is 49.6 Å². The van der Waals surface area contributed by atoms with Crippen molar-refractivity contribution in [1.82, 2.24) is 5.06 Å². The van der Waals surface area contributed by atoms with E-state index in [0.29, 0.717) is 31.7 Å². The number of carbonyl (C=O) groups excluding carboxylic acids is 2. The highest BCUT2D eigenvalue weighted by atomic mass is 16.7. The van der Waals surface area contributed by atoms with Crippen LogP contribution in [0.15, 0.2) is 36.4 Å². The van der Waals surface area contributed by atoms with E-state index in [0.717, 1.165) is 27.9 Å². The third-order valence-electron chi connectivity index (χ3n) is 6.78. The van der Waals surface area contributed by atoms with Gasteiger partial charge in [-0.15, -0.1) is 0 Å². The average molecular weight is 423 g/mol. The molecule has 31 heavy (non-hydrogen) atoms. The number of nitrogens with zero attached hydrogens (tertiary/aromatic N) is 2. The minimum absolute atomic E-state index is 0.000811. The predicted octanol–water partition coefficient (Wildman–Crippen LogP) is 3.72. The number of methoxy groups -OCH3 is 1. The molecule has 1 atom stereocenters. The first-order valence-corrected chi connectivity index (χ1v) is 10.7. The second-order valence-electron chi connectivity index (χ2n) is 8.62. The second-order valence-corrected chi connectivity index (χ2v) is 8.62. The number of aryl methyl sites for hydroxylation is 3. The number of ether oxygens (including phenoxy) is 1. The fourth-order valence-corrected chi connectivity index (χ4v) is 5.35. The Morgan fingerprint density at radius 2 is 1.52 bits per heavy atom. The van der Waals surface area contributed by atoms with Crippen LogP contribution in [0.3, 0.4) is 0 Å². The van der Waals surface area contributed by atoms with Gasteiger partial charge < -0.3 is 9.57 Å². The Bertz CT molecular complexity index is 984. The van der Waals surface area contributed by atoms with Crippen molar-refractivity contribution in [3.63, 3.8) is 0 Å². The lowest BCUT2D eigenvalue weighted by Crippen LogP contribution is -2.56. The van der Waals surface area contributed by atoms with E-state index in [4.69, 9.17) is 9.57 Å². The summed E-state index contributed by atoms with van der Waals surface area (Å²) in [6, 6.07) is 11.5. The van der Waals surface area contributed by atoms with Crippen LogP contribution in [0.25, 0.3) is 0 Å². The van der Waals surface area contributed by atoms with Gasteiger partial charge >= 0.3 is 0 Å². The van der Waals surface area contributed by atoms with Crippen LogP contribution in [0.1, 0.15) is 41.0 Å². The standard InChI is InChI=1S/C25H30N2O4/c1-16-14-17(2)21(18(3)15-16)22-23(28)25(10-12-26(31-5)13-11-25)27(24(22)29)19-6-8-20(30-4)9-7-19/h6-9,14-15,22H,10-13H2,1-5H3. The highest BCUT2D eigenvalue weighted by Crippen LogP contribution is 2.47. The number of benzene rings is 2. The number of hydroxylamine groups is 2. The predicted molar refractivity (Wildman–Crippen MR) is 119 cm³/mol. The summed E-state index contributed by atoms with van der Waals surface area (Å²) in [6.45, 7) is 7.22. The third-order valence-corrected chi connectivity index (χ3v) is 6.78. The van der Waals surface area contributed by atoms with Crippen LogP contribution in [0.5, 0.6) is 5.75 Å². The van der Waals surface area contributed by atoms with E-state index < -0.39 is 11.5 Å². The van der Waals surface area contributed by atoms with Gasteiger partial charge in [-0.25, -0.2) is 0 Å². The van der Waals surface area contributed by atoms with Gasteiger partial charge in [0, 0.05) is 18.8 Å². The molecular weight excluding hydrogens is 392 g/mol. The number of anilines is 1. The van der Waals surface area contributed by atoms with Crippen LogP contribution >= 0.6 is 0 Å². The number of hydrogen-bond donors (Lipinski definition) is 0. The van der Waals surface area contributed by atoms with Gasteiger partial charge in [-0.2, -0.15) is 5.06 Å². The molecule has 2 aromatic rings. The Morgan fingerprint density at radius 3 is 2.03 bits per heavy atom. The molecule has 0 aliphatic carbocycles. The smallest absolute Gasteiger partial charge is 0.243 e. The Balaban J connectivity index is 1.84. The van der Waals surface area contributed by atoms with Crippen molar-refractivity contribution < 1.29 is 19.2 Å². The summed E-state index contributed by atoms with van der Waals surface area (Å²) in [5.41, 5.74) is 3.83. The van der Waals surface area contributed by atoms with Crippen LogP contribution in [0.4, 0.5) is 5.69 Å². The van der Waals surface area contributed by atoms with Gasteiger partial charge in [0.15, 0.2) is 5.78 Å². The van der Waals surface area contributed by atoms with Crippen LogP contribution in [0.2, 0.25) is 0 Å². The molecule has 0 radical (unpaired) electrons. The molecule has 1 spiro atoms. The molecule has 1 amide bonds. The molecule has 2 fully saturated rings. The van der Waals surface area contributed by atoms with Gasteiger partial charge in [-0.1, -0.05) is 17.7 Å². The SMILES string of the molecule is COc1ccc(N2C(=O)C(c3c(C)cc(C)cc3C)C(=O)C23CCN(OC)CC3)cc1. The second kappa shape index (κ2) is 8.09. The topological polar surface area (TPSA) is 59.1 Å². The van der Waals surface area contributed by atoms with Crippen molar-refractivity contribution in [3.05, 3.63) is 58.7 Å². The number of piperidine rings is 1. The molecule has 0 aromatic heterocycles. The molecule has 2 saturated heterocycles. The molecule has 4 rings (SSSR count). The van der Waals surface area contributed by atoms with Gasteiger partial charge in [-0.3, -0.25) is 14.5 Å². The highest BCUT2D eigenvalue weighted by Gasteiger charge is 2.60. The Labute approximate surface area is 183 Å². The van der Waals surface area contributed by atoms with Crippen LogP contribution in [0, 0.1) is 20.8 Å². The maximum Gasteiger partial charge on any atom is 0.243 e. The van der Waals surface area contributed by atoms with Gasteiger partial charge in [-0.05, 0) is 74.6 Å². The van der Waals surface area contributed by atoms with Crippen molar-refractivity contribution >= 4 is 17.4 Å². The van der Waals surface area contributed by atoms with Gasteiger partial charge in [0.1, 0.15) is 17.2 Å². The summed E-state index contributed by atoms with van der Waals surface area (Å²) in [5, 5.41) is 1.85. The number of rotatable bonds is 4. The van der Waals surface area contributed by atoms with E-state index in [1.807, 2.05) is 50.1 Å². The number of hydrogen-bond acceptors (Lipinski definition) is 5. The molecule has 2 heterocycles. The van der Waals surface area contributed by atoms with E-state index >= 15 is 0 Å². The van der Waals surface area contributed by atoms with Crippen molar-refractivity contribution in [2.45, 2.75) is 45.1 Å². The minimum atomic E-state index is -0.866. The van der Waals surface area contributed by atoms with E-state index in [-0.39, 0.29) is 11.7 Å². The van der Waals surface area contributed by atoms with Crippen molar-refractivity contribution in [2.24, 2.45) is 0 Å². The summed E-state index contributed by atoms with van der Waals surface area (Å²) in [7, 11) is 3.25. The van der Waals surface area contributed by atoms with Crippen molar-refractivity contribution in [1.29, 1.82) is 0 Å². The van der Waals surface area contributed by atoms with Crippen molar-refractivity contribution in [3.8, 4) is 5.75 Å². The average Bonchev–Trinajstić information content (AvgIpc) is 2.95. The molecule has 0 bridgehead atoms. The summed E-state index contributed by atoms with van der Waals surface area (Å²) in [4.78, 5) is 35.1. The minimum Gasteiger partial charge on any atom is -0.497 e. The van der Waals surface area contributed by atoms with Gasteiger partial charge in [0.05, 0.1) is 14.2 Å². The molecule has 2 aliphatic rings. The zero-order chi connectivity index (χ0) is 22.3. The fraction of sp³-hybridized carbons (Fsp3) is 0.440. The molecule has 6 heteroatoms. The van der Waals surface area contributed by atoms with Crippen LogP contribution in [-0.2, 0) is 14.4 Å². The van der Waals surface area contributed by atoms with E-state index in [1.54, 1.807) is 19.1 Å². The Kier molecular flexibility index (Phi) is 5.62. The van der Waals surface area contributed by atoms with Crippen LogP contribution < -0.4 is 9.64 Å². The zero-order valence-corrected chi connectivity index (χ0v) is 18.9. The van der Waals surface area contributed by atoms with Gasteiger partial charge in [0.2, 0.25) is 5.91 Å². The molecule has 164 valence electrons. The first-order chi connectivity index (χ1) is 14.8. The number of ketones is 1. The quantitative estimate of drug-likeness (QED) is 0.703. The third kappa shape index (κ3) is 3.44.